The molecule has 3 aromatic heterocycles. The number of hydrogen-bond donors (Lipinski definition) is 2. The quantitative estimate of drug-likeness (QED) is 0.0529. The van der Waals surface area contributed by atoms with Gasteiger partial charge in [0.25, 0.3) is 11.4 Å². The number of H-pyrrole nitrogens is 2. The second-order valence-corrected chi connectivity index (χ2v) is 14.8. The summed E-state index contributed by atoms with van der Waals surface area (Å²) in [6.45, 7) is 12.3. The number of nitrogens with one attached hydrogen (secondary N) is 2. The molecule has 5 aromatic rings. The summed E-state index contributed by atoms with van der Waals surface area (Å²) in [5, 5.41) is 22.1. The number of ether oxygens (including phenoxy) is 2. The van der Waals surface area contributed by atoms with Gasteiger partial charge in [-0.3, -0.25) is 29.8 Å². The number of nitrogens with zero attached hydrogens (tertiary/aromatic N) is 4. The number of carbonyl (C=O) groups is 2. The monoisotopic (exact) mass is 808 g/mol. The Balaban J connectivity index is 1.29. The largest absolute Gasteiger partial charge is 0.427 e. The first-order chi connectivity index (χ1) is 28.7. The number of nitro benzene ring substituents is 2. The van der Waals surface area contributed by atoms with E-state index in [1.807, 2.05) is 38.1 Å². The van der Waals surface area contributed by atoms with E-state index in [0.29, 0.717) is 12.8 Å². The van der Waals surface area contributed by atoms with Crippen LogP contribution in [0.1, 0.15) is 98.4 Å². The Bertz CT molecular complexity index is 2620. The second kappa shape index (κ2) is 16.9. The molecule has 306 valence electrons. The number of nitro groups is 2. The van der Waals surface area contributed by atoms with Gasteiger partial charge in [-0.05, 0) is 146 Å². The van der Waals surface area contributed by atoms with Crippen LogP contribution in [0.15, 0.2) is 72.8 Å². The molecule has 14 nitrogen and oxygen atoms in total. The number of hydrogen-bond acceptors (Lipinski definition) is 10. The normalized spacial score (nSPS) is 12.5. The average Bonchev–Trinajstić information content (AvgIpc) is 3.88. The number of esters is 2. The molecule has 0 fully saturated rings. The van der Waals surface area contributed by atoms with E-state index < -0.39 is 21.8 Å². The predicted octanol–water partition coefficient (Wildman–Crippen LogP) is 10.5. The summed E-state index contributed by atoms with van der Waals surface area (Å²) in [5.74, 6) is -0.466. The topological polar surface area (TPSA) is 196 Å². The van der Waals surface area contributed by atoms with E-state index in [9.17, 15) is 29.8 Å². The Morgan fingerprint density at radius 3 is 1.25 bits per heavy atom. The number of allylic oxidation sites excluding steroid dienone is 4. The fourth-order valence-electron chi connectivity index (χ4n) is 7.85. The molecule has 0 aliphatic carbocycles. The van der Waals surface area contributed by atoms with Crippen LogP contribution in [0.25, 0.3) is 44.4 Å². The van der Waals surface area contributed by atoms with Crippen molar-refractivity contribution in [2.24, 2.45) is 0 Å². The van der Waals surface area contributed by atoms with Crippen LogP contribution in [-0.2, 0) is 22.4 Å². The third-order valence-corrected chi connectivity index (χ3v) is 11.2. The fraction of sp³-hybridized carbons (Fsp3) is 0.261. The van der Waals surface area contributed by atoms with Crippen molar-refractivity contribution in [1.29, 1.82) is 0 Å². The number of aryl methyl sites for hydroxylation is 4. The van der Waals surface area contributed by atoms with Gasteiger partial charge in [0.1, 0.15) is 11.5 Å². The number of rotatable bonds is 12. The van der Waals surface area contributed by atoms with Crippen molar-refractivity contribution in [2.75, 3.05) is 0 Å². The lowest BCUT2D eigenvalue weighted by Gasteiger charge is -2.06. The summed E-state index contributed by atoms with van der Waals surface area (Å²) in [5.41, 5.74) is 14.4. The van der Waals surface area contributed by atoms with E-state index in [2.05, 4.69) is 37.7 Å². The number of aromatic nitrogens is 4. The van der Waals surface area contributed by atoms with Crippen LogP contribution in [0.3, 0.4) is 0 Å². The standard InChI is InChI=1S/C46H44N6O8/c1-7-33-25(3)37-23-43-36(18-20-46(54)60-32-15-11-30(12-16-32)52(57)58)28(6)40(50-43)22-42-34(8-2)26(4)38(48-42)24-44-35(27(5)39(49-44)21-41(33)47-37)17-19-45(53)59-31-13-9-29(10-14-31)51(55)56/h9-16,21-24,47-48H,7-8,17-20H2,1-6H3. The highest BCUT2D eigenvalue weighted by atomic mass is 16.6. The first-order valence-electron chi connectivity index (χ1n) is 19.8. The van der Waals surface area contributed by atoms with Crippen LogP contribution in [0, 0.1) is 34.1 Å². The summed E-state index contributed by atoms with van der Waals surface area (Å²) >= 11 is 0. The molecule has 5 heterocycles. The van der Waals surface area contributed by atoms with Crippen LogP contribution in [0.5, 0.6) is 11.5 Å². The number of non-ortho nitro benzene ring substituents is 2. The maximum atomic E-state index is 13.1. The van der Waals surface area contributed by atoms with Crippen LogP contribution in [0.2, 0.25) is 0 Å². The molecule has 0 saturated heterocycles. The van der Waals surface area contributed by atoms with Gasteiger partial charge in [-0.25, -0.2) is 9.97 Å². The highest BCUT2D eigenvalue weighted by Gasteiger charge is 2.23. The van der Waals surface area contributed by atoms with Gasteiger partial charge in [-0.2, -0.15) is 0 Å². The summed E-state index contributed by atoms with van der Waals surface area (Å²) in [6.07, 6.45) is 2.34. The molecule has 0 radical (unpaired) electrons. The van der Waals surface area contributed by atoms with Crippen molar-refractivity contribution >= 4 is 67.7 Å². The molecule has 0 atom stereocenters. The van der Waals surface area contributed by atoms with E-state index in [1.54, 1.807) is 0 Å². The smallest absolute Gasteiger partial charge is 0.311 e. The summed E-state index contributed by atoms with van der Waals surface area (Å²) in [6, 6.07) is 19.0. The molecule has 0 spiro atoms. The van der Waals surface area contributed by atoms with Gasteiger partial charge in [0, 0.05) is 46.3 Å². The molecule has 2 aliphatic heterocycles. The molecule has 0 saturated carbocycles. The van der Waals surface area contributed by atoms with Crippen LogP contribution >= 0.6 is 0 Å². The lowest BCUT2D eigenvalue weighted by Crippen LogP contribution is -2.08. The van der Waals surface area contributed by atoms with Gasteiger partial charge in [0.05, 0.1) is 45.5 Å². The van der Waals surface area contributed by atoms with Crippen molar-refractivity contribution in [3.8, 4) is 11.5 Å². The predicted molar refractivity (Wildman–Crippen MR) is 230 cm³/mol. The van der Waals surface area contributed by atoms with E-state index in [4.69, 9.17) is 19.4 Å². The zero-order chi connectivity index (χ0) is 42.8. The van der Waals surface area contributed by atoms with Crippen molar-refractivity contribution in [3.05, 3.63) is 138 Å². The maximum Gasteiger partial charge on any atom is 0.311 e. The van der Waals surface area contributed by atoms with Crippen LogP contribution in [0.4, 0.5) is 11.4 Å². The number of benzene rings is 2. The minimum atomic E-state index is -0.506. The van der Waals surface area contributed by atoms with Crippen LogP contribution < -0.4 is 9.47 Å². The molecular weight excluding hydrogens is 765 g/mol. The molecule has 7 rings (SSSR count). The molecule has 60 heavy (non-hydrogen) atoms. The minimum Gasteiger partial charge on any atom is -0.427 e. The van der Waals surface area contributed by atoms with Gasteiger partial charge in [0.15, 0.2) is 0 Å². The third kappa shape index (κ3) is 8.35. The number of fused-ring (bicyclic) bond motifs is 8. The third-order valence-electron chi connectivity index (χ3n) is 11.2. The lowest BCUT2D eigenvalue weighted by atomic mass is 10.00. The Morgan fingerprint density at radius 2 is 0.917 bits per heavy atom. The van der Waals surface area contributed by atoms with Gasteiger partial charge >= 0.3 is 11.9 Å². The van der Waals surface area contributed by atoms with E-state index >= 15 is 0 Å². The van der Waals surface area contributed by atoms with Crippen molar-refractivity contribution < 1.29 is 28.9 Å². The summed E-state index contributed by atoms with van der Waals surface area (Å²) < 4.78 is 11.1. The highest BCUT2D eigenvalue weighted by molar-refractivity contribution is 5.96. The Morgan fingerprint density at radius 1 is 0.567 bits per heavy atom. The van der Waals surface area contributed by atoms with Gasteiger partial charge < -0.3 is 19.4 Å². The van der Waals surface area contributed by atoms with Crippen molar-refractivity contribution in [2.45, 2.75) is 80.1 Å². The number of aromatic amines is 2. The second-order valence-electron chi connectivity index (χ2n) is 14.8. The minimum absolute atomic E-state index is 0.0643. The molecule has 2 aliphatic rings. The van der Waals surface area contributed by atoms with E-state index in [1.165, 1.54) is 48.5 Å². The summed E-state index contributed by atoms with van der Waals surface area (Å²) in [7, 11) is 0. The van der Waals surface area contributed by atoms with Gasteiger partial charge in [-0.1, -0.05) is 13.8 Å². The first-order valence-corrected chi connectivity index (χ1v) is 19.8. The summed E-state index contributed by atoms with van der Waals surface area (Å²) in [4.78, 5) is 64.8. The van der Waals surface area contributed by atoms with Crippen molar-refractivity contribution in [1.82, 2.24) is 19.9 Å². The molecular formula is C46H44N6O8. The fourth-order valence-corrected chi connectivity index (χ4v) is 7.85. The maximum absolute atomic E-state index is 13.1. The molecule has 14 heteroatoms. The highest BCUT2D eigenvalue weighted by Crippen LogP contribution is 2.37. The molecule has 0 amide bonds. The van der Waals surface area contributed by atoms with E-state index in [0.717, 1.165) is 102 Å². The van der Waals surface area contributed by atoms with Crippen LogP contribution in [-0.4, -0.2) is 41.7 Å². The molecule has 8 bridgehead atoms. The zero-order valence-electron chi connectivity index (χ0n) is 34.2. The Hall–Kier alpha value is -7.22. The lowest BCUT2D eigenvalue weighted by molar-refractivity contribution is -0.385. The number of carbonyl (C=O) groups excluding carboxylic acids is 2. The Kier molecular flexibility index (Phi) is 11.6. The van der Waals surface area contributed by atoms with E-state index in [-0.39, 0.29) is 35.7 Å². The SMILES string of the molecule is CCc1c(C)c2cc3nc(cc4[nH]c(cc5nc(cc1[nH]2)C(C)=C5CCC(=O)Oc1ccc([N+](=O)[O-])cc1)c(C)c4CC)C(C)=C3CCC(=O)Oc1ccc([N+](=O)[O-])cc1. The molecule has 2 N–H and O–H groups in total. The van der Waals surface area contributed by atoms with Gasteiger partial charge in [-0.15, -0.1) is 0 Å². The first kappa shape index (κ1) is 41.0. The Labute approximate surface area is 345 Å². The molecule has 0 unspecified atom stereocenters. The zero-order valence-corrected chi connectivity index (χ0v) is 34.2. The van der Waals surface area contributed by atoms with Crippen molar-refractivity contribution in [3.63, 3.8) is 0 Å². The average molecular weight is 809 g/mol. The molecule has 2 aromatic carbocycles. The van der Waals surface area contributed by atoms with Gasteiger partial charge in [0.2, 0.25) is 0 Å².